The van der Waals surface area contributed by atoms with Crippen molar-refractivity contribution >= 4 is 5.52 Å². The first kappa shape index (κ1) is 5.34. The Morgan fingerprint density at radius 1 is 1.40 bits per heavy atom. The van der Waals surface area contributed by atoms with Gasteiger partial charge in [-0.2, -0.15) is 0 Å². The van der Waals surface area contributed by atoms with Gasteiger partial charge in [-0.15, -0.1) is 5.10 Å². The van der Waals surface area contributed by atoms with E-state index in [0.717, 1.165) is 11.2 Å². The molecule has 10 heavy (non-hydrogen) atoms. The zero-order valence-corrected chi connectivity index (χ0v) is 5.52. The lowest BCUT2D eigenvalue weighted by Gasteiger charge is -1.90. The molecule has 0 unspecified atom stereocenters. The number of aromatic nitrogens is 4. The second-order valence-electron chi connectivity index (χ2n) is 2.13. The Morgan fingerprint density at radius 3 is 3.20 bits per heavy atom. The Balaban J connectivity index is 2.86. The van der Waals surface area contributed by atoms with E-state index in [4.69, 9.17) is 0 Å². The second-order valence-corrected chi connectivity index (χ2v) is 2.13. The first-order chi connectivity index (χ1) is 4.86. The lowest BCUT2D eigenvalue weighted by atomic mass is 10.5. The van der Waals surface area contributed by atoms with Gasteiger partial charge in [-0.25, -0.2) is 4.52 Å². The molecule has 4 nitrogen and oxygen atoms in total. The van der Waals surface area contributed by atoms with Crippen molar-refractivity contribution in [3.05, 3.63) is 24.3 Å². The maximum absolute atomic E-state index is 4.08. The van der Waals surface area contributed by atoms with Gasteiger partial charge in [-0.3, -0.25) is 4.98 Å². The second kappa shape index (κ2) is 1.76. The number of aryl methyl sites for hydroxylation is 1. The molecule has 2 aromatic rings. The fourth-order valence-electron chi connectivity index (χ4n) is 0.823. The van der Waals surface area contributed by atoms with Crippen molar-refractivity contribution in [1.82, 2.24) is 19.8 Å². The summed E-state index contributed by atoms with van der Waals surface area (Å²) >= 11 is 0. The number of fused-ring (bicyclic) bond motifs is 1. The quantitative estimate of drug-likeness (QED) is 0.524. The van der Waals surface area contributed by atoms with Gasteiger partial charge in [0, 0.05) is 0 Å². The van der Waals surface area contributed by atoms with Crippen LogP contribution in [0.5, 0.6) is 0 Å². The monoisotopic (exact) mass is 134 g/mol. The fourth-order valence-corrected chi connectivity index (χ4v) is 0.823. The van der Waals surface area contributed by atoms with E-state index in [0.29, 0.717) is 0 Å². The van der Waals surface area contributed by atoms with Gasteiger partial charge in [0.15, 0.2) is 0 Å². The maximum atomic E-state index is 4.08. The molecule has 0 spiro atoms. The van der Waals surface area contributed by atoms with Gasteiger partial charge >= 0.3 is 0 Å². The number of hydrogen-bond donors (Lipinski definition) is 0. The standard InChI is InChI=1S/C6H6N4/c1-5-4-10-6(2-7-5)3-8-9-10/h2-4H,1H3. The van der Waals surface area contributed by atoms with E-state index in [2.05, 4.69) is 15.3 Å². The van der Waals surface area contributed by atoms with Gasteiger partial charge in [0.25, 0.3) is 0 Å². The Hall–Kier alpha value is -1.45. The number of rotatable bonds is 0. The lowest BCUT2D eigenvalue weighted by molar-refractivity contribution is 0.841. The molecule has 2 rings (SSSR count). The summed E-state index contributed by atoms with van der Waals surface area (Å²) in [7, 11) is 0. The van der Waals surface area contributed by atoms with Gasteiger partial charge in [-0.05, 0) is 6.92 Å². The Kier molecular flexibility index (Phi) is 0.943. The molecule has 4 heteroatoms. The minimum absolute atomic E-state index is 0.922. The van der Waals surface area contributed by atoms with Gasteiger partial charge in [0.2, 0.25) is 0 Å². The highest BCUT2D eigenvalue weighted by Crippen LogP contribution is 1.97. The van der Waals surface area contributed by atoms with E-state index in [1.54, 1.807) is 16.9 Å². The van der Waals surface area contributed by atoms with Crippen LogP contribution in [0.15, 0.2) is 18.6 Å². The van der Waals surface area contributed by atoms with Crippen molar-refractivity contribution < 1.29 is 0 Å². The van der Waals surface area contributed by atoms with Crippen molar-refractivity contribution in [2.75, 3.05) is 0 Å². The van der Waals surface area contributed by atoms with Gasteiger partial charge in [-0.1, -0.05) is 5.21 Å². The zero-order valence-electron chi connectivity index (χ0n) is 5.52. The Labute approximate surface area is 57.5 Å². The third-order valence-electron chi connectivity index (χ3n) is 1.31. The van der Waals surface area contributed by atoms with Crippen molar-refractivity contribution in [2.24, 2.45) is 0 Å². The van der Waals surface area contributed by atoms with Crippen LogP contribution in [0.3, 0.4) is 0 Å². The lowest BCUT2D eigenvalue weighted by Crippen LogP contribution is -1.90. The van der Waals surface area contributed by atoms with Crippen LogP contribution in [0.2, 0.25) is 0 Å². The largest absolute Gasteiger partial charge is 0.258 e. The molecule has 0 aromatic carbocycles. The van der Waals surface area contributed by atoms with Crippen LogP contribution in [0.4, 0.5) is 0 Å². The summed E-state index contributed by atoms with van der Waals surface area (Å²) < 4.78 is 1.70. The molecular weight excluding hydrogens is 128 g/mol. The van der Waals surface area contributed by atoms with Crippen LogP contribution in [0, 0.1) is 6.92 Å². The highest BCUT2D eigenvalue weighted by Gasteiger charge is 1.92. The first-order valence-electron chi connectivity index (χ1n) is 2.99. The summed E-state index contributed by atoms with van der Waals surface area (Å²) in [5.74, 6) is 0. The highest BCUT2D eigenvalue weighted by atomic mass is 15.4. The van der Waals surface area contributed by atoms with E-state index < -0.39 is 0 Å². The van der Waals surface area contributed by atoms with Crippen LogP contribution in [-0.2, 0) is 0 Å². The molecular formula is C6H6N4. The highest BCUT2D eigenvalue weighted by molar-refractivity contribution is 5.39. The molecule has 0 saturated carbocycles. The summed E-state index contributed by atoms with van der Waals surface area (Å²) in [6.45, 7) is 1.92. The molecule has 0 amide bonds. The molecule has 0 atom stereocenters. The summed E-state index contributed by atoms with van der Waals surface area (Å²) in [6, 6.07) is 0. The van der Waals surface area contributed by atoms with Gasteiger partial charge in [0.05, 0.1) is 24.3 Å². The molecule has 0 aliphatic heterocycles. The van der Waals surface area contributed by atoms with Gasteiger partial charge < -0.3 is 0 Å². The van der Waals surface area contributed by atoms with Crippen LogP contribution >= 0.6 is 0 Å². The van der Waals surface area contributed by atoms with Crippen molar-refractivity contribution in [1.29, 1.82) is 0 Å². The van der Waals surface area contributed by atoms with E-state index >= 15 is 0 Å². The summed E-state index contributed by atoms with van der Waals surface area (Å²) in [4.78, 5) is 4.08. The normalized spacial score (nSPS) is 10.5. The fraction of sp³-hybridized carbons (Fsp3) is 0.167. The minimum Gasteiger partial charge on any atom is -0.258 e. The van der Waals surface area contributed by atoms with Gasteiger partial charge in [0.1, 0.15) is 5.52 Å². The molecule has 0 fully saturated rings. The van der Waals surface area contributed by atoms with E-state index in [-0.39, 0.29) is 0 Å². The number of hydrogen-bond acceptors (Lipinski definition) is 3. The molecule has 0 radical (unpaired) electrons. The SMILES string of the molecule is Cc1cn2nncc2cn1. The van der Waals surface area contributed by atoms with Crippen LogP contribution < -0.4 is 0 Å². The summed E-state index contributed by atoms with van der Waals surface area (Å²) in [5, 5.41) is 7.52. The third kappa shape index (κ3) is 0.655. The van der Waals surface area contributed by atoms with E-state index in [1.165, 1.54) is 0 Å². The molecule has 0 aliphatic rings. The molecule has 50 valence electrons. The van der Waals surface area contributed by atoms with E-state index in [1.807, 2.05) is 13.1 Å². The molecule has 0 N–H and O–H groups in total. The first-order valence-corrected chi connectivity index (χ1v) is 2.99. The van der Waals surface area contributed by atoms with Crippen LogP contribution in [0.1, 0.15) is 5.69 Å². The smallest absolute Gasteiger partial charge is 0.105 e. The van der Waals surface area contributed by atoms with E-state index in [9.17, 15) is 0 Å². The average Bonchev–Trinajstić information content (AvgIpc) is 2.33. The average molecular weight is 134 g/mol. The Morgan fingerprint density at radius 2 is 2.30 bits per heavy atom. The van der Waals surface area contributed by atoms with Crippen LogP contribution in [0.25, 0.3) is 5.52 Å². The minimum atomic E-state index is 0.922. The predicted molar refractivity (Wildman–Crippen MR) is 35.5 cm³/mol. The Bertz CT molecular complexity index is 351. The molecule has 2 aromatic heterocycles. The summed E-state index contributed by atoms with van der Waals surface area (Å²) in [6.07, 6.45) is 5.25. The zero-order chi connectivity index (χ0) is 6.97. The third-order valence-corrected chi connectivity index (χ3v) is 1.31. The maximum Gasteiger partial charge on any atom is 0.105 e. The topological polar surface area (TPSA) is 43.1 Å². The summed E-state index contributed by atoms with van der Waals surface area (Å²) in [5.41, 5.74) is 1.86. The molecule has 0 aliphatic carbocycles. The molecule has 0 bridgehead atoms. The number of nitrogens with zero attached hydrogens (tertiary/aromatic N) is 4. The van der Waals surface area contributed by atoms with Crippen molar-refractivity contribution in [2.45, 2.75) is 6.92 Å². The predicted octanol–water partition coefficient (Wildman–Crippen LogP) is 0.433. The molecule has 0 saturated heterocycles. The van der Waals surface area contributed by atoms with Crippen molar-refractivity contribution in [3.8, 4) is 0 Å². The molecule has 2 heterocycles. The van der Waals surface area contributed by atoms with Crippen molar-refractivity contribution in [3.63, 3.8) is 0 Å². The van der Waals surface area contributed by atoms with Crippen LogP contribution in [-0.4, -0.2) is 19.8 Å².